The molecule has 9 nitrogen and oxygen atoms in total. The number of rotatable bonds is 10. The number of phenolic OH excluding ortho intramolecular Hbond substituents is 1. The minimum Gasteiger partial charge on any atom is -0.508 e. The smallest absolute Gasteiger partial charge is 0.342 e. The highest BCUT2D eigenvalue weighted by Crippen LogP contribution is 2.47. The first-order valence-electron chi connectivity index (χ1n) is 12.4. The van der Waals surface area contributed by atoms with Gasteiger partial charge in [-0.1, -0.05) is 48.0 Å². The Bertz CT molecular complexity index is 1660. The largest absolute Gasteiger partial charge is 0.508 e. The first-order valence-corrected chi connectivity index (χ1v) is 14.2. The number of aryl methyl sites for hydroxylation is 1. The molecule has 0 aliphatic rings. The summed E-state index contributed by atoms with van der Waals surface area (Å²) in [6.45, 7) is 2.16. The third kappa shape index (κ3) is 6.72. The van der Waals surface area contributed by atoms with Crippen molar-refractivity contribution in [3.05, 3.63) is 89.5 Å². The van der Waals surface area contributed by atoms with Crippen LogP contribution in [0.3, 0.4) is 0 Å². The van der Waals surface area contributed by atoms with Gasteiger partial charge < -0.3 is 28.2 Å². The molecule has 4 aromatic carbocycles. The topological polar surface area (TPSA) is 118 Å². The summed E-state index contributed by atoms with van der Waals surface area (Å²) in [5.41, 5.74) is 3.92. The lowest BCUT2D eigenvalue weighted by Gasteiger charge is -2.21. The molecule has 0 aliphatic carbocycles. The van der Waals surface area contributed by atoms with Crippen molar-refractivity contribution in [2.75, 3.05) is 27.6 Å². The maximum Gasteiger partial charge on any atom is 0.342 e. The van der Waals surface area contributed by atoms with Crippen molar-refractivity contribution in [1.29, 1.82) is 0 Å². The second-order valence-electron chi connectivity index (χ2n) is 9.17. The van der Waals surface area contributed by atoms with E-state index in [0.29, 0.717) is 28.0 Å². The number of benzene rings is 4. The Morgan fingerprint density at radius 3 is 2.05 bits per heavy atom. The standard InChI is InChI=1S/C31H30O9S/c1-19-6-8-20(9-7-19)18-39-25-15-12-22(16-26(25)40-41(5,34)35)24-17-27(36-2)28(21-10-13-23(32)14-11-21)29(30(24)37-3)31(33)38-4/h6-17,32H,18H2,1-5H3. The molecule has 0 saturated carbocycles. The molecule has 0 aliphatic heterocycles. The average molecular weight is 579 g/mol. The average Bonchev–Trinajstić information content (AvgIpc) is 2.95. The first-order chi connectivity index (χ1) is 19.5. The van der Waals surface area contributed by atoms with Crippen molar-refractivity contribution >= 4 is 16.1 Å². The molecule has 0 unspecified atom stereocenters. The van der Waals surface area contributed by atoms with Crippen LogP contribution in [0.2, 0.25) is 0 Å². The quantitative estimate of drug-likeness (QED) is 0.185. The maximum absolute atomic E-state index is 13.1. The van der Waals surface area contributed by atoms with Crippen molar-refractivity contribution in [2.24, 2.45) is 0 Å². The Balaban J connectivity index is 1.88. The summed E-state index contributed by atoms with van der Waals surface area (Å²) in [7, 11) is 0.195. The maximum atomic E-state index is 13.1. The summed E-state index contributed by atoms with van der Waals surface area (Å²) in [5.74, 6) is 0.0196. The predicted molar refractivity (Wildman–Crippen MR) is 154 cm³/mol. The fraction of sp³-hybridized carbons (Fsp3) is 0.194. The molecule has 4 aromatic rings. The molecule has 0 amide bonds. The molecule has 0 atom stereocenters. The molecule has 0 radical (unpaired) electrons. The summed E-state index contributed by atoms with van der Waals surface area (Å²) in [5, 5.41) is 9.78. The highest BCUT2D eigenvalue weighted by Gasteiger charge is 2.28. The number of ether oxygens (including phenoxy) is 4. The van der Waals surface area contributed by atoms with E-state index in [9.17, 15) is 18.3 Å². The minimum atomic E-state index is -3.92. The van der Waals surface area contributed by atoms with E-state index in [1.165, 1.54) is 39.5 Å². The number of aromatic hydroxyl groups is 1. The summed E-state index contributed by atoms with van der Waals surface area (Å²) >= 11 is 0. The molecule has 0 spiro atoms. The molecule has 0 heterocycles. The van der Waals surface area contributed by atoms with Gasteiger partial charge in [0.2, 0.25) is 0 Å². The summed E-state index contributed by atoms with van der Waals surface area (Å²) in [6.07, 6.45) is 0.939. The van der Waals surface area contributed by atoms with E-state index in [0.717, 1.165) is 17.4 Å². The van der Waals surface area contributed by atoms with Gasteiger partial charge in [0.15, 0.2) is 11.5 Å². The van der Waals surface area contributed by atoms with Gasteiger partial charge in [-0.15, -0.1) is 0 Å². The lowest BCUT2D eigenvalue weighted by Crippen LogP contribution is -2.10. The van der Waals surface area contributed by atoms with Crippen LogP contribution in [0, 0.1) is 6.92 Å². The number of esters is 1. The second kappa shape index (κ2) is 12.2. The van der Waals surface area contributed by atoms with Crippen molar-refractivity contribution in [3.8, 4) is 51.0 Å². The molecule has 10 heteroatoms. The third-order valence-electron chi connectivity index (χ3n) is 6.22. The molecule has 0 fully saturated rings. The number of carbonyl (C=O) groups excluding carboxylic acids is 1. The second-order valence-corrected chi connectivity index (χ2v) is 10.7. The lowest BCUT2D eigenvalue weighted by molar-refractivity contribution is 0.0597. The fourth-order valence-electron chi connectivity index (χ4n) is 4.31. The highest BCUT2D eigenvalue weighted by molar-refractivity contribution is 7.86. The van der Waals surface area contributed by atoms with Crippen molar-refractivity contribution < 1.29 is 41.4 Å². The van der Waals surface area contributed by atoms with E-state index in [2.05, 4.69) is 0 Å². The van der Waals surface area contributed by atoms with Gasteiger partial charge in [-0.05, 0) is 53.9 Å². The lowest BCUT2D eigenvalue weighted by atomic mass is 9.92. The van der Waals surface area contributed by atoms with Gasteiger partial charge in [-0.2, -0.15) is 8.42 Å². The van der Waals surface area contributed by atoms with Crippen LogP contribution < -0.4 is 18.4 Å². The molecule has 0 aromatic heterocycles. The van der Waals surface area contributed by atoms with E-state index in [-0.39, 0.29) is 35.2 Å². The zero-order chi connectivity index (χ0) is 29.7. The number of hydrogen-bond acceptors (Lipinski definition) is 9. The van der Waals surface area contributed by atoms with Gasteiger partial charge in [0.25, 0.3) is 0 Å². The third-order valence-corrected chi connectivity index (χ3v) is 6.71. The van der Waals surface area contributed by atoms with Gasteiger partial charge in [0.1, 0.15) is 29.4 Å². The van der Waals surface area contributed by atoms with Crippen LogP contribution in [0.25, 0.3) is 22.3 Å². The molecular weight excluding hydrogens is 548 g/mol. The van der Waals surface area contributed by atoms with Crippen molar-refractivity contribution in [2.45, 2.75) is 13.5 Å². The van der Waals surface area contributed by atoms with Crippen LogP contribution >= 0.6 is 0 Å². The summed E-state index contributed by atoms with van der Waals surface area (Å²) in [4.78, 5) is 13.1. The van der Waals surface area contributed by atoms with Crippen LogP contribution in [0.15, 0.2) is 72.8 Å². The van der Waals surface area contributed by atoms with Crippen LogP contribution in [0.4, 0.5) is 0 Å². The minimum absolute atomic E-state index is 0.0413. The zero-order valence-corrected chi connectivity index (χ0v) is 24.1. The van der Waals surface area contributed by atoms with E-state index in [1.807, 2.05) is 31.2 Å². The van der Waals surface area contributed by atoms with E-state index < -0.39 is 16.1 Å². The van der Waals surface area contributed by atoms with Gasteiger partial charge in [0, 0.05) is 11.1 Å². The molecule has 0 bridgehead atoms. The molecule has 0 saturated heterocycles. The summed E-state index contributed by atoms with van der Waals surface area (Å²) in [6, 6.07) is 20.4. The van der Waals surface area contributed by atoms with Crippen molar-refractivity contribution in [1.82, 2.24) is 0 Å². The van der Waals surface area contributed by atoms with E-state index in [4.69, 9.17) is 23.1 Å². The zero-order valence-electron chi connectivity index (χ0n) is 23.3. The molecular formula is C31H30O9S. The molecule has 214 valence electrons. The van der Waals surface area contributed by atoms with Crippen LogP contribution in [0.5, 0.6) is 28.7 Å². The number of phenols is 1. The van der Waals surface area contributed by atoms with Crippen LogP contribution in [-0.2, 0) is 21.5 Å². The molecule has 41 heavy (non-hydrogen) atoms. The normalized spacial score (nSPS) is 11.0. The number of carbonyl (C=O) groups is 1. The Hall–Kier alpha value is -4.70. The Kier molecular flexibility index (Phi) is 8.73. The Morgan fingerprint density at radius 2 is 1.46 bits per heavy atom. The van der Waals surface area contributed by atoms with Gasteiger partial charge >= 0.3 is 16.1 Å². The van der Waals surface area contributed by atoms with E-state index in [1.54, 1.807) is 30.3 Å². The molecule has 1 N–H and O–H groups in total. The van der Waals surface area contributed by atoms with Gasteiger partial charge in [-0.25, -0.2) is 4.79 Å². The molecule has 4 rings (SSSR count). The SMILES string of the molecule is COC(=O)c1c(OC)c(-c2ccc(OCc3ccc(C)cc3)c(OS(C)(=O)=O)c2)cc(OC)c1-c1ccc(O)cc1. The van der Waals surface area contributed by atoms with Gasteiger partial charge in [-0.3, -0.25) is 0 Å². The summed E-state index contributed by atoms with van der Waals surface area (Å²) < 4.78 is 52.0. The monoisotopic (exact) mass is 578 g/mol. The number of hydrogen-bond donors (Lipinski definition) is 1. The number of methoxy groups -OCH3 is 3. The Morgan fingerprint density at radius 1 is 0.805 bits per heavy atom. The van der Waals surface area contributed by atoms with Crippen LogP contribution in [0.1, 0.15) is 21.5 Å². The predicted octanol–water partition coefficient (Wildman–Crippen LogP) is 5.76. The van der Waals surface area contributed by atoms with Crippen molar-refractivity contribution in [3.63, 3.8) is 0 Å². The fourth-order valence-corrected chi connectivity index (χ4v) is 4.76. The van der Waals surface area contributed by atoms with E-state index >= 15 is 0 Å². The highest BCUT2D eigenvalue weighted by atomic mass is 32.2. The Labute approximate surface area is 239 Å². The van der Waals surface area contributed by atoms with Gasteiger partial charge in [0.05, 0.1) is 27.6 Å². The first kappa shape index (κ1) is 29.3. The van der Waals surface area contributed by atoms with Crippen LogP contribution in [-0.4, -0.2) is 47.1 Å².